The summed E-state index contributed by atoms with van der Waals surface area (Å²) in [5.41, 5.74) is 1.30. The number of halogens is 2. The number of ether oxygens (including phenoxy) is 1. The van der Waals surface area contributed by atoms with E-state index in [-0.39, 0.29) is 12.2 Å². The van der Waals surface area contributed by atoms with Gasteiger partial charge in [0, 0.05) is 4.47 Å². The van der Waals surface area contributed by atoms with E-state index in [4.69, 9.17) is 9.84 Å². The molecule has 2 aromatic rings. The molecule has 20 heavy (non-hydrogen) atoms. The Morgan fingerprint density at radius 2 is 1.70 bits per heavy atom. The highest BCUT2D eigenvalue weighted by atomic mass is 79.9. The van der Waals surface area contributed by atoms with Crippen molar-refractivity contribution < 1.29 is 19.0 Å². The first-order chi connectivity index (χ1) is 9.56. The third kappa shape index (κ3) is 3.88. The Morgan fingerprint density at radius 1 is 1.10 bits per heavy atom. The minimum atomic E-state index is -1.28. The van der Waals surface area contributed by atoms with Crippen LogP contribution in [0.1, 0.15) is 21.5 Å². The highest BCUT2D eigenvalue weighted by molar-refractivity contribution is 9.10. The van der Waals surface area contributed by atoms with Gasteiger partial charge in [0.25, 0.3) is 0 Å². The Kier molecular flexibility index (Phi) is 4.87. The van der Waals surface area contributed by atoms with E-state index >= 15 is 0 Å². The zero-order chi connectivity index (χ0) is 14.5. The molecule has 0 aliphatic heterocycles. The summed E-state index contributed by atoms with van der Waals surface area (Å²) in [5, 5.41) is 8.83. The largest absolute Gasteiger partial charge is 0.478 e. The van der Waals surface area contributed by atoms with Crippen molar-refractivity contribution in [3.8, 4) is 0 Å². The Balaban J connectivity index is 1.96. The Hall–Kier alpha value is -1.72. The van der Waals surface area contributed by atoms with Crippen LogP contribution in [0.2, 0.25) is 0 Å². The van der Waals surface area contributed by atoms with Gasteiger partial charge in [-0.3, -0.25) is 0 Å². The van der Waals surface area contributed by atoms with E-state index in [1.54, 1.807) is 0 Å². The molecule has 3 nitrogen and oxygen atoms in total. The van der Waals surface area contributed by atoms with Crippen LogP contribution in [0.3, 0.4) is 0 Å². The molecule has 0 fully saturated rings. The van der Waals surface area contributed by atoms with E-state index in [0.717, 1.165) is 16.1 Å². The first kappa shape index (κ1) is 14.7. The van der Waals surface area contributed by atoms with E-state index in [0.29, 0.717) is 12.2 Å². The summed E-state index contributed by atoms with van der Waals surface area (Å²) in [7, 11) is 0. The summed E-state index contributed by atoms with van der Waals surface area (Å²) in [6, 6.07) is 11.6. The molecular formula is C15H12BrFO3. The van der Waals surface area contributed by atoms with Crippen molar-refractivity contribution in [1.82, 2.24) is 0 Å². The summed E-state index contributed by atoms with van der Waals surface area (Å²) in [4.78, 5) is 10.8. The average Bonchev–Trinajstić information content (AvgIpc) is 2.42. The maximum Gasteiger partial charge on any atom is 0.338 e. The number of hydrogen-bond acceptors (Lipinski definition) is 2. The van der Waals surface area contributed by atoms with Crippen molar-refractivity contribution in [2.75, 3.05) is 0 Å². The van der Waals surface area contributed by atoms with Crippen molar-refractivity contribution in [1.29, 1.82) is 0 Å². The van der Waals surface area contributed by atoms with E-state index in [1.165, 1.54) is 12.1 Å². The van der Waals surface area contributed by atoms with E-state index in [1.807, 2.05) is 24.3 Å². The van der Waals surface area contributed by atoms with Crippen LogP contribution in [0.4, 0.5) is 4.39 Å². The summed E-state index contributed by atoms with van der Waals surface area (Å²) in [6.07, 6.45) is 0. The van der Waals surface area contributed by atoms with Crippen LogP contribution in [0.25, 0.3) is 0 Å². The van der Waals surface area contributed by atoms with Gasteiger partial charge in [-0.05, 0) is 35.4 Å². The number of aromatic carboxylic acids is 1. The Morgan fingerprint density at radius 3 is 2.35 bits per heavy atom. The van der Waals surface area contributed by atoms with Gasteiger partial charge in [-0.15, -0.1) is 0 Å². The minimum Gasteiger partial charge on any atom is -0.478 e. The molecule has 0 aliphatic carbocycles. The molecule has 104 valence electrons. The maximum atomic E-state index is 13.2. The third-order valence-corrected chi connectivity index (χ3v) is 3.24. The molecule has 2 aromatic carbocycles. The molecule has 2 rings (SSSR count). The van der Waals surface area contributed by atoms with Crippen molar-refractivity contribution >= 4 is 21.9 Å². The summed E-state index contributed by atoms with van der Waals surface area (Å²) >= 11 is 3.35. The van der Waals surface area contributed by atoms with Gasteiger partial charge in [0.2, 0.25) is 0 Å². The van der Waals surface area contributed by atoms with Gasteiger partial charge < -0.3 is 9.84 Å². The van der Waals surface area contributed by atoms with Crippen LogP contribution in [-0.2, 0) is 18.0 Å². The predicted octanol–water partition coefficient (Wildman–Crippen LogP) is 4.00. The number of benzene rings is 2. The standard InChI is InChI=1S/C15H12BrFO3/c16-12-4-1-10(2-5-12)8-20-9-11-3-6-14(17)13(7-11)15(18)19/h1-7H,8-9H2,(H,18,19). The molecule has 0 saturated heterocycles. The van der Waals surface area contributed by atoms with E-state index < -0.39 is 11.8 Å². The monoisotopic (exact) mass is 338 g/mol. The first-order valence-electron chi connectivity index (χ1n) is 5.90. The topological polar surface area (TPSA) is 46.5 Å². The van der Waals surface area contributed by atoms with Crippen molar-refractivity contribution in [2.45, 2.75) is 13.2 Å². The van der Waals surface area contributed by atoms with Gasteiger partial charge in [-0.2, -0.15) is 0 Å². The van der Waals surface area contributed by atoms with Gasteiger partial charge in [0.05, 0.1) is 18.8 Å². The molecule has 0 saturated carbocycles. The second-order valence-corrected chi connectivity index (χ2v) is 5.15. The lowest BCUT2D eigenvalue weighted by molar-refractivity contribution is 0.0691. The normalized spacial score (nSPS) is 10.5. The molecular weight excluding hydrogens is 327 g/mol. The molecule has 0 amide bonds. The number of carbonyl (C=O) groups is 1. The number of rotatable bonds is 5. The number of carboxylic acid groups (broad SMARTS) is 1. The Bertz CT molecular complexity index is 611. The molecule has 0 aliphatic rings. The van der Waals surface area contributed by atoms with Crippen molar-refractivity contribution in [2.24, 2.45) is 0 Å². The van der Waals surface area contributed by atoms with E-state index in [9.17, 15) is 9.18 Å². The number of carboxylic acids is 1. The minimum absolute atomic E-state index is 0.233. The lowest BCUT2D eigenvalue weighted by Crippen LogP contribution is -2.02. The summed E-state index contributed by atoms with van der Waals surface area (Å²) < 4.78 is 19.7. The third-order valence-electron chi connectivity index (χ3n) is 2.71. The van der Waals surface area contributed by atoms with Crippen LogP contribution < -0.4 is 0 Å². The SMILES string of the molecule is O=C(O)c1cc(COCc2ccc(Br)cc2)ccc1F. The van der Waals surface area contributed by atoms with Gasteiger partial charge in [0.15, 0.2) is 0 Å². The molecule has 5 heteroatoms. The van der Waals surface area contributed by atoms with Gasteiger partial charge >= 0.3 is 5.97 Å². The summed E-state index contributed by atoms with van der Waals surface area (Å²) in [6.45, 7) is 0.643. The first-order valence-corrected chi connectivity index (χ1v) is 6.69. The molecule has 1 N–H and O–H groups in total. The van der Waals surface area contributed by atoms with Crippen LogP contribution in [0.5, 0.6) is 0 Å². The number of hydrogen-bond donors (Lipinski definition) is 1. The van der Waals surface area contributed by atoms with Crippen LogP contribution in [0.15, 0.2) is 46.9 Å². The zero-order valence-electron chi connectivity index (χ0n) is 10.5. The molecule has 0 radical (unpaired) electrons. The van der Waals surface area contributed by atoms with Crippen LogP contribution in [-0.4, -0.2) is 11.1 Å². The molecule has 0 atom stereocenters. The fourth-order valence-electron chi connectivity index (χ4n) is 1.69. The average molecular weight is 339 g/mol. The van der Waals surface area contributed by atoms with Gasteiger partial charge in [-0.1, -0.05) is 34.1 Å². The highest BCUT2D eigenvalue weighted by Gasteiger charge is 2.10. The molecule has 0 bridgehead atoms. The van der Waals surface area contributed by atoms with Gasteiger partial charge in [0.1, 0.15) is 5.82 Å². The highest BCUT2D eigenvalue weighted by Crippen LogP contribution is 2.14. The van der Waals surface area contributed by atoms with Crippen molar-refractivity contribution in [3.63, 3.8) is 0 Å². The molecule has 0 aromatic heterocycles. The van der Waals surface area contributed by atoms with Crippen molar-refractivity contribution in [3.05, 3.63) is 69.4 Å². The molecule has 0 spiro atoms. The smallest absolute Gasteiger partial charge is 0.338 e. The van der Waals surface area contributed by atoms with Crippen LogP contribution >= 0.6 is 15.9 Å². The Labute approximate surface area is 124 Å². The predicted molar refractivity (Wildman–Crippen MR) is 76.0 cm³/mol. The lowest BCUT2D eigenvalue weighted by Gasteiger charge is -2.06. The van der Waals surface area contributed by atoms with Crippen LogP contribution in [0, 0.1) is 5.82 Å². The fourth-order valence-corrected chi connectivity index (χ4v) is 1.96. The summed E-state index contributed by atoms with van der Waals surface area (Å²) in [5.74, 6) is -2.02. The molecule has 0 heterocycles. The zero-order valence-corrected chi connectivity index (χ0v) is 12.1. The fraction of sp³-hybridized carbons (Fsp3) is 0.133. The second-order valence-electron chi connectivity index (χ2n) is 4.24. The quantitative estimate of drug-likeness (QED) is 0.896. The van der Waals surface area contributed by atoms with E-state index in [2.05, 4.69) is 15.9 Å². The van der Waals surface area contributed by atoms with Gasteiger partial charge in [-0.25, -0.2) is 9.18 Å². The maximum absolute atomic E-state index is 13.2. The molecule has 0 unspecified atom stereocenters. The second kappa shape index (κ2) is 6.63. The lowest BCUT2D eigenvalue weighted by atomic mass is 10.1.